The van der Waals surface area contributed by atoms with Crippen LogP contribution in [0.15, 0.2) is 24.3 Å². The molecule has 0 bridgehead atoms. The molecule has 1 saturated carbocycles. The summed E-state index contributed by atoms with van der Waals surface area (Å²) in [5, 5.41) is 3.71. The molecule has 19 heavy (non-hydrogen) atoms. The van der Waals surface area contributed by atoms with Crippen LogP contribution in [0.4, 0.5) is 0 Å². The van der Waals surface area contributed by atoms with Gasteiger partial charge in [0, 0.05) is 6.04 Å². The summed E-state index contributed by atoms with van der Waals surface area (Å²) >= 11 is 0. The van der Waals surface area contributed by atoms with E-state index in [9.17, 15) is 0 Å². The van der Waals surface area contributed by atoms with Crippen molar-refractivity contribution in [1.29, 1.82) is 0 Å². The number of hydrogen-bond acceptors (Lipinski definition) is 1. The standard InChI is InChI=1S/C18H29N/c1-3-8-15-11-13-16(14-12-15)17-9-6-5-7-10-18(17)19-4-2/h11-14,17-19H,3-10H2,1-2H3. The molecule has 2 rings (SSSR count). The van der Waals surface area contributed by atoms with Crippen molar-refractivity contribution in [3.8, 4) is 0 Å². The summed E-state index contributed by atoms with van der Waals surface area (Å²) in [4.78, 5) is 0. The number of likely N-dealkylation sites (N-methyl/N-ethyl adjacent to an activating group) is 1. The van der Waals surface area contributed by atoms with E-state index in [1.807, 2.05) is 0 Å². The van der Waals surface area contributed by atoms with Gasteiger partial charge in [0.05, 0.1) is 0 Å². The molecule has 1 heteroatoms. The lowest BCUT2D eigenvalue weighted by Gasteiger charge is -2.26. The number of rotatable bonds is 5. The van der Waals surface area contributed by atoms with E-state index in [0.717, 1.165) is 12.5 Å². The Morgan fingerprint density at radius 2 is 1.74 bits per heavy atom. The summed E-state index contributed by atoms with van der Waals surface area (Å²) in [6.07, 6.45) is 9.34. The highest BCUT2D eigenvalue weighted by atomic mass is 14.9. The lowest BCUT2D eigenvalue weighted by atomic mass is 9.87. The number of hydrogen-bond donors (Lipinski definition) is 1. The summed E-state index contributed by atoms with van der Waals surface area (Å²) in [6, 6.07) is 10.1. The smallest absolute Gasteiger partial charge is 0.0136 e. The Morgan fingerprint density at radius 3 is 2.42 bits per heavy atom. The van der Waals surface area contributed by atoms with E-state index in [1.54, 1.807) is 5.56 Å². The maximum absolute atomic E-state index is 3.71. The van der Waals surface area contributed by atoms with Crippen LogP contribution in [0.2, 0.25) is 0 Å². The van der Waals surface area contributed by atoms with E-state index < -0.39 is 0 Å². The molecule has 0 saturated heterocycles. The molecule has 1 aromatic carbocycles. The summed E-state index contributed by atoms with van der Waals surface area (Å²) in [5.74, 6) is 0.720. The topological polar surface area (TPSA) is 12.0 Å². The molecule has 2 atom stereocenters. The molecular formula is C18H29N. The van der Waals surface area contributed by atoms with Crippen molar-refractivity contribution < 1.29 is 0 Å². The van der Waals surface area contributed by atoms with Gasteiger partial charge in [-0.3, -0.25) is 0 Å². The third-order valence-electron chi connectivity index (χ3n) is 4.43. The van der Waals surface area contributed by atoms with E-state index in [-0.39, 0.29) is 0 Å². The van der Waals surface area contributed by atoms with Gasteiger partial charge in [0.2, 0.25) is 0 Å². The Balaban J connectivity index is 2.11. The Kier molecular flexibility index (Phi) is 5.91. The van der Waals surface area contributed by atoms with Gasteiger partial charge in [-0.1, -0.05) is 63.8 Å². The average Bonchev–Trinajstić information content (AvgIpc) is 2.66. The molecule has 1 aliphatic carbocycles. The third-order valence-corrected chi connectivity index (χ3v) is 4.43. The van der Waals surface area contributed by atoms with Gasteiger partial charge in [-0.15, -0.1) is 0 Å². The van der Waals surface area contributed by atoms with Crippen LogP contribution < -0.4 is 5.32 Å². The fourth-order valence-corrected chi connectivity index (χ4v) is 3.43. The highest BCUT2D eigenvalue weighted by Crippen LogP contribution is 2.32. The zero-order valence-corrected chi connectivity index (χ0v) is 12.6. The molecule has 2 unspecified atom stereocenters. The van der Waals surface area contributed by atoms with Crippen molar-refractivity contribution >= 4 is 0 Å². The number of nitrogens with one attached hydrogen (secondary N) is 1. The Morgan fingerprint density at radius 1 is 1.00 bits per heavy atom. The van der Waals surface area contributed by atoms with Crippen LogP contribution >= 0.6 is 0 Å². The van der Waals surface area contributed by atoms with E-state index >= 15 is 0 Å². The van der Waals surface area contributed by atoms with Crippen molar-refractivity contribution in [2.75, 3.05) is 6.54 Å². The molecule has 0 aliphatic heterocycles. The first kappa shape index (κ1) is 14.6. The Bertz CT molecular complexity index is 354. The molecule has 1 aliphatic rings. The molecule has 0 radical (unpaired) electrons. The van der Waals surface area contributed by atoms with Crippen molar-refractivity contribution in [1.82, 2.24) is 5.32 Å². The van der Waals surface area contributed by atoms with Crippen LogP contribution in [0.25, 0.3) is 0 Å². The van der Waals surface area contributed by atoms with Gasteiger partial charge in [-0.25, -0.2) is 0 Å². The lowest BCUT2D eigenvalue weighted by Crippen LogP contribution is -2.34. The minimum Gasteiger partial charge on any atom is -0.314 e. The van der Waals surface area contributed by atoms with Gasteiger partial charge in [-0.05, 0) is 42.9 Å². The van der Waals surface area contributed by atoms with Crippen LogP contribution in [0, 0.1) is 0 Å². The van der Waals surface area contributed by atoms with Crippen LogP contribution in [-0.2, 0) is 6.42 Å². The molecule has 0 spiro atoms. The zero-order chi connectivity index (χ0) is 13.5. The fourth-order valence-electron chi connectivity index (χ4n) is 3.43. The van der Waals surface area contributed by atoms with Gasteiger partial charge in [-0.2, -0.15) is 0 Å². The summed E-state index contributed by atoms with van der Waals surface area (Å²) < 4.78 is 0. The van der Waals surface area contributed by atoms with E-state index in [4.69, 9.17) is 0 Å². The third kappa shape index (κ3) is 4.07. The Hall–Kier alpha value is -0.820. The molecular weight excluding hydrogens is 230 g/mol. The molecule has 0 aromatic heterocycles. The van der Waals surface area contributed by atoms with E-state index in [0.29, 0.717) is 6.04 Å². The zero-order valence-electron chi connectivity index (χ0n) is 12.6. The normalized spacial score (nSPS) is 24.1. The molecule has 0 amide bonds. The first-order valence-corrected chi connectivity index (χ1v) is 8.17. The monoisotopic (exact) mass is 259 g/mol. The molecule has 1 N–H and O–H groups in total. The first-order valence-electron chi connectivity index (χ1n) is 8.17. The maximum Gasteiger partial charge on any atom is 0.0136 e. The van der Waals surface area contributed by atoms with Gasteiger partial charge >= 0.3 is 0 Å². The number of benzene rings is 1. The summed E-state index contributed by atoms with van der Waals surface area (Å²) in [7, 11) is 0. The average molecular weight is 259 g/mol. The van der Waals surface area contributed by atoms with Gasteiger partial charge in [0.25, 0.3) is 0 Å². The predicted octanol–water partition coefficient (Wildman–Crippen LogP) is 4.66. The van der Waals surface area contributed by atoms with Crippen LogP contribution in [0.5, 0.6) is 0 Å². The van der Waals surface area contributed by atoms with Crippen molar-refractivity contribution in [3.63, 3.8) is 0 Å². The lowest BCUT2D eigenvalue weighted by molar-refractivity contribution is 0.419. The number of aryl methyl sites for hydroxylation is 1. The minimum absolute atomic E-state index is 0.685. The minimum atomic E-state index is 0.685. The quantitative estimate of drug-likeness (QED) is 0.758. The van der Waals surface area contributed by atoms with Gasteiger partial charge in [0.1, 0.15) is 0 Å². The molecule has 1 aromatic rings. The van der Waals surface area contributed by atoms with Crippen molar-refractivity contribution in [3.05, 3.63) is 35.4 Å². The van der Waals surface area contributed by atoms with Gasteiger partial charge < -0.3 is 5.32 Å². The highest BCUT2D eigenvalue weighted by molar-refractivity contribution is 5.27. The summed E-state index contributed by atoms with van der Waals surface area (Å²) in [5.41, 5.74) is 3.03. The Labute approximate surface area is 118 Å². The van der Waals surface area contributed by atoms with Crippen molar-refractivity contribution in [2.24, 2.45) is 0 Å². The molecule has 106 valence electrons. The molecule has 1 fully saturated rings. The highest BCUT2D eigenvalue weighted by Gasteiger charge is 2.24. The van der Waals surface area contributed by atoms with E-state index in [1.165, 1.54) is 50.5 Å². The van der Waals surface area contributed by atoms with E-state index in [2.05, 4.69) is 43.4 Å². The first-order chi connectivity index (χ1) is 9.35. The predicted molar refractivity (Wildman–Crippen MR) is 83.7 cm³/mol. The molecule has 0 heterocycles. The van der Waals surface area contributed by atoms with Gasteiger partial charge in [0.15, 0.2) is 0 Å². The second-order valence-corrected chi connectivity index (χ2v) is 5.90. The van der Waals surface area contributed by atoms with Crippen LogP contribution in [0.3, 0.4) is 0 Å². The SMILES string of the molecule is CCCc1ccc(C2CCCCCC2NCC)cc1. The van der Waals surface area contributed by atoms with Crippen molar-refractivity contribution in [2.45, 2.75) is 70.8 Å². The second-order valence-electron chi connectivity index (χ2n) is 5.90. The molecule has 1 nitrogen and oxygen atoms in total. The van der Waals surface area contributed by atoms with Crippen LogP contribution in [0.1, 0.15) is 69.4 Å². The largest absolute Gasteiger partial charge is 0.314 e. The maximum atomic E-state index is 3.71. The summed E-state index contributed by atoms with van der Waals surface area (Å²) in [6.45, 7) is 5.57. The van der Waals surface area contributed by atoms with Crippen LogP contribution in [-0.4, -0.2) is 12.6 Å². The fraction of sp³-hybridized carbons (Fsp3) is 0.667. The second kappa shape index (κ2) is 7.69.